The molecule has 0 aromatic heterocycles. The van der Waals surface area contributed by atoms with Crippen molar-refractivity contribution in [3.05, 3.63) is 47.5 Å². The van der Waals surface area contributed by atoms with E-state index in [9.17, 15) is 9.90 Å². The summed E-state index contributed by atoms with van der Waals surface area (Å²) in [5.74, 6) is 1.55. The highest BCUT2D eigenvalue weighted by molar-refractivity contribution is 5.75. The fourth-order valence-electron chi connectivity index (χ4n) is 3.79. The van der Waals surface area contributed by atoms with Crippen LogP contribution in [0.15, 0.2) is 36.4 Å². The van der Waals surface area contributed by atoms with Gasteiger partial charge in [-0.05, 0) is 41.8 Å². The maximum absolute atomic E-state index is 12.3. The molecule has 1 N–H and O–H groups in total. The van der Waals surface area contributed by atoms with Crippen molar-refractivity contribution in [1.82, 2.24) is 0 Å². The lowest BCUT2D eigenvalue weighted by Gasteiger charge is -2.22. The number of aliphatic hydroxyl groups is 1. The van der Waals surface area contributed by atoms with Gasteiger partial charge >= 0.3 is 5.97 Å². The summed E-state index contributed by atoms with van der Waals surface area (Å²) in [5.41, 5.74) is 1.62. The first-order chi connectivity index (χ1) is 13.2. The molecular weight excluding hydrogens is 352 g/mol. The number of carbonyl (C=O) groups is 1. The van der Waals surface area contributed by atoms with E-state index in [0.29, 0.717) is 35.0 Å². The van der Waals surface area contributed by atoms with Crippen LogP contribution in [-0.2, 0) is 16.0 Å². The molecule has 1 saturated heterocycles. The number of cyclic esters (lactones) is 1. The van der Waals surface area contributed by atoms with Gasteiger partial charge in [0.2, 0.25) is 13.6 Å². The van der Waals surface area contributed by atoms with E-state index in [1.165, 1.54) is 0 Å². The molecule has 7 heteroatoms. The molecule has 0 aliphatic carbocycles. The first-order valence-corrected chi connectivity index (χ1v) is 8.82. The summed E-state index contributed by atoms with van der Waals surface area (Å²) >= 11 is 0. The third-order valence-corrected chi connectivity index (χ3v) is 5.27. The van der Waals surface area contributed by atoms with Crippen molar-refractivity contribution in [3.63, 3.8) is 0 Å². The van der Waals surface area contributed by atoms with Crippen LogP contribution in [-0.4, -0.2) is 31.3 Å². The Balaban J connectivity index is 1.37. The van der Waals surface area contributed by atoms with Gasteiger partial charge in [-0.2, -0.15) is 0 Å². The van der Waals surface area contributed by atoms with E-state index in [4.69, 9.17) is 23.7 Å². The molecule has 2 aromatic carbocycles. The quantitative estimate of drug-likeness (QED) is 0.826. The lowest BCUT2D eigenvalue weighted by atomic mass is 9.83. The Bertz CT molecular complexity index is 894. The molecule has 5 rings (SSSR count). The van der Waals surface area contributed by atoms with Gasteiger partial charge in [0.05, 0.1) is 18.6 Å². The number of rotatable bonds is 4. The summed E-state index contributed by atoms with van der Waals surface area (Å²) in [6.45, 7) is 0.562. The summed E-state index contributed by atoms with van der Waals surface area (Å²) in [6, 6.07) is 10.9. The first kappa shape index (κ1) is 16.3. The second-order valence-corrected chi connectivity index (χ2v) is 6.85. The fraction of sp³-hybridized carbons (Fsp3) is 0.350. The van der Waals surface area contributed by atoms with E-state index in [1.54, 1.807) is 18.2 Å². The second-order valence-electron chi connectivity index (χ2n) is 6.85. The largest absolute Gasteiger partial charge is 0.465 e. The minimum atomic E-state index is -0.843. The monoisotopic (exact) mass is 370 g/mol. The highest BCUT2D eigenvalue weighted by Gasteiger charge is 2.42. The number of hydrogen-bond acceptors (Lipinski definition) is 7. The molecular formula is C20H18O7. The number of benzene rings is 2. The topological polar surface area (TPSA) is 83.5 Å². The summed E-state index contributed by atoms with van der Waals surface area (Å²) in [5, 5.41) is 10.9. The average molecular weight is 370 g/mol. The third-order valence-electron chi connectivity index (χ3n) is 5.27. The van der Waals surface area contributed by atoms with Crippen molar-refractivity contribution < 1.29 is 33.6 Å². The molecule has 140 valence electrons. The van der Waals surface area contributed by atoms with E-state index < -0.39 is 12.0 Å². The number of carbonyl (C=O) groups excluding carboxylic acids is 1. The molecule has 3 aliphatic rings. The standard InChI is InChI=1S/C20H18O7/c21-19(12-2-4-16-18(7-12)27-10-25-16)14-8-23-20(22)13(14)5-11-1-3-15-17(6-11)26-9-24-15/h1-4,6-7,13-14,19,21H,5,8-10H2. The van der Waals surface area contributed by atoms with Crippen molar-refractivity contribution in [2.45, 2.75) is 12.5 Å². The Morgan fingerprint density at radius 2 is 1.56 bits per heavy atom. The number of fused-ring (bicyclic) bond motifs is 2. The zero-order valence-corrected chi connectivity index (χ0v) is 14.4. The first-order valence-electron chi connectivity index (χ1n) is 8.82. The van der Waals surface area contributed by atoms with Crippen molar-refractivity contribution in [2.24, 2.45) is 11.8 Å². The molecule has 27 heavy (non-hydrogen) atoms. The van der Waals surface area contributed by atoms with Crippen molar-refractivity contribution in [1.29, 1.82) is 0 Å². The van der Waals surface area contributed by atoms with Crippen LogP contribution in [0.25, 0.3) is 0 Å². The van der Waals surface area contributed by atoms with Crippen LogP contribution in [0.5, 0.6) is 23.0 Å². The van der Waals surface area contributed by atoms with Crippen molar-refractivity contribution in [3.8, 4) is 23.0 Å². The van der Waals surface area contributed by atoms with E-state index >= 15 is 0 Å². The van der Waals surface area contributed by atoms with E-state index in [0.717, 1.165) is 5.56 Å². The van der Waals surface area contributed by atoms with Gasteiger partial charge in [0.1, 0.15) is 0 Å². The predicted molar refractivity (Wildman–Crippen MR) is 91.7 cm³/mol. The molecule has 3 aliphatic heterocycles. The highest BCUT2D eigenvalue weighted by atomic mass is 16.7. The van der Waals surface area contributed by atoms with E-state index in [-0.39, 0.29) is 32.1 Å². The molecule has 3 heterocycles. The Morgan fingerprint density at radius 3 is 2.33 bits per heavy atom. The molecule has 0 bridgehead atoms. The van der Waals surface area contributed by atoms with Gasteiger partial charge < -0.3 is 28.8 Å². The van der Waals surface area contributed by atoms with E-state index in [2.05, 4.69) is 0 Å². The van der Waals surface area contributed by atoms with Crippen LogP contribution in [0.4, 0.5) is 0 Å². The molecule has 3 unspecified atom stereocenters. The van der Waals surface area contributed by atoms with Gasteiger partial charge in [0, 0.05) is 5.92 Å². The number of esters is 1. The van der Waals surface area contributed by atoms with Crippen LogP contribution in [0.3, 0.4) is 0 Å². The summed E-state index contributed by atoms with van der Waals surface area (Å²) in [6.07, 6.45) is -0.383. The van der Waals surface area contributed by atoms with Gasteiger partial charge in [0.25, 0.3) is 0 Å². The normalized spacial score (nSPS) is 23.4. The van der Waals surface area contributed by atoms with Crippen LogP contribution < -0.4 is 18.9 Å². The Kier molecular flexibility index (Phi) is 3.82. The van der Waals surface area contributed by atoms with Crippen LogP contribution in [0, 0.1) is 11.8 Å². The summed E-state index contributed by atoms with van der Waals surface area (Å²) in [7, 11) is 0. The summed E-state index contributed by atoms with van der Waals surface area (Å²) < 4.78 is 26.7. The minimum absolute atomic E-state index is 0.173. The maximum atomic E-state index is 12.3. The van der Waals surface area contributed by atoms with Gasteiger partial charge in [0.15, 0.2) is 23.0 Å². The number of aliphatic hydroxyl groups excluding tert-OH is 1. The van der Waals surface area contributed by atoms with Gasteiger partial charge in [-0.25, -0.2) is 0 Å². The highest BCUT2D eigenvalue weighted by Crippen LogP contribution is 2.41. The Morgan fingerprint density at radius 1 is 0.889 bits per heavy atom. The van der Waals surface area contributed by atoms with E-state index in [1.807, 2.05) is 18.2 Å². The Labute approximate surface area is 155 Å². The van der Waals surface area contributed by atoms with Crippen LogP contribution in [0.2, 0.25) is 0 Å². The molecule has 0 spiro atoms. The third kappa shape index (κ3) is 2.84. The molecule has 0 radical (unpaired) electrons. The average Bonchev–Trinajstić information content (AvgIpc) is 3.41. The SMILES string of the molecule is O=C1OCC(C(O)c2ccc3c(c2)OCO3)C1Cc1ccc2c(c1)OCO2. The van der Waals surface area contributed by atoms with Gasteiger partial charge in [-0.3, -0.25) is 4.79 Å². The van der Waals surface area contributed by atoms with Crippen LogP contribution >= 0.6 is 0 Å². The lowest BCUT2D eigenvalue weighted by molar-refractivity contribution is -0.141. The van der Waals surface area contributed by atoms with Crippen molar-refractivity contribution in [2.75, 3.05) is 20.2 Å². The summed E-state index contributed by atoms with van der Waals surface area (Å²) in [4.78, 5) is 12.3. The predicted octanol–water partition coefficient (Wildman–Crippen LogP) is 2.21. The maximum Gasteiger partial charge on any atom is 0.309 e. The lowest BCUT2D eigenvalue weighted by Crippen LogP contribution is -2.24. The minimum Gasteiger partial charge on any atom is -0.465 e. The fourth-order valence-corrected chi connectivity index (χ4v) is 3.79. The number of ether oxygens (including phenoxy) is 5. The molecule has 0 saturated carbocycles. The zero-order chi connectivity index (χ0) is 18.4. The molecule has 1 fully saturated rings. The molecule has 2 aromatic rings. The Hall–Kier alpha value is -2.93. The smallest absolute Gasteiger partial charge is 0.309 e. The zero-order valence-electron chi connectivity index (χ0n) is 14.4. The van der Waals surface area contributed by atoms with Crippen molar-refractivity contribution >= 4 is 5.97 Å². The molecule has 3 atom stereocenters. The number of hydrogen-bond donors (Lipinski definition) is 1. The van der Waals surface area contributed by atoms with Gasteiger partial charge in [-0.15, -0.1) is 0 Å². The van der Waals surface area contributed by atoms with Gasteiger partial charge in [-0.1, -0.05) is 12.1 Å². The second kappa shape index (κ2) is 6.35. The van der Waals surface area contributed by atoms with Crippen LogP contribution in [0.1, 0.15) is 17.2 Å². The molecule has 0 amide bonds. The molecule has 7 nitrogen and oxygen atoms in total.